The Morgan fingerprint density at radius 2 is 2.22 bits per heavy atom. The van der Waals surface area contributed by atoms with Gasteiger partial charge in [-0.25, -0.2) is 14.4 Å². The van der Waals surface area contributed by atoms with E-state index in [0.29, 0.717) is 23.4 Å². The van der Waals surface area contributed by atoms with E-state index in [2.05, 4.69) is 15.3 Å². The second-order valence-corrected chi connectivity index (χ2v) is 6.50. The van der Waals surface area contributed by atoms with Crippen LogP contribution in [0.2, 0.25) is 0 Å². The Labute approximate surface area is 155 Å². The molecule has 0 bridgehead atoms. The molecule has 0 saturated heterocycles. The molecular weight excluding hydrogens is 349 g/mol. The van der Waals surface area contributed by atoms with E-state index in [4.69, 9.17) is 15.7 Å². The summed E-state index contributed by atoms with van der Waals surface area (Å²) in [6.07, 6.45) is 1.31. The lowest BCUT2D eigenvalue weighted by molar-refractivity contribution is 0.102. The summed E-state index contributed by atoms with van der Waals surface area (Å²) >= 11 is 0. The molecule has 0 fully saturated rings. The van der Waals surface area contributed by atoms with Crippen molar-refractivity contribution in [3.8, 4) is 6.07 Å². The number of halogens is 1. The maximum atomic E-state index is 14.5. The van der Waals surface area contributed by atoms with Crippen LogP contribution in [0, 0.1) is 23.1 Å². The Balaban J connectivity index is 1.90. The summed E-state index contributed by atoms with van der Waals surface area (Å²) < 4.78 is 19.8. The van der Waals surface area contributed by atoms with Gasteiger partial charge in [0.25, 0.3) is 11.9 Å². The number of nitrogens with two attached hydrogens (primary N) is 1. The number of anilines is 1. The third kappa shape index (κ3) is 3.58. The molecule has 7 nitrogen and oxygen atoms in total. The maximum Gasteiger partial charge on any atom is 0.282 e. The predicted molar refractivity (Wildman–Crippen MR) is 97.4 cm³/mol. The summed E-state index contributed by atoms with van der Waals surface area (Å²) in [7, 11) is 0. The largest absolute Gasteiger partial charge is 0.465 e. The van der Waals surface area contributed by atoms with E-state index in [1.165, 1.54) is 36.5 Å². The molecule has 27 heavy (non-hydrogen) atoms. The molecule has 0 aliphatic carbocycles. The number of nitrogens with zero attached hydrogens (tertiary/aromatic N) is 3. The second-order valence-electron chi connectivity index (χ2n) is 6.50. The molecule has 1 aromatic carbocycles. The van der Waals surface area contributed by atoms with Crippen molar-refractivity contribution in [1.29, 1.82) is 5.26 Å². The number of nitriles is 1. The van der Waals surface area contributed by atoms with Crippen molar-refractivity contribution in [1.82, 2.24) is 4.98 Å². The molecule has 0 radical (unpaired) electrons. The number of nitrogens with one attached hydrogen (secondary N) is 1. The lowest BCUT2D eigenvalue weighted by Crippen LogP contribution is -2.41. The lowest BCUT2D eigenvalue weighted by Gasteiger charge is -2.36. The fourth-order valence-electron chi connectivity index (χ4n) is 2.85. The maximum absolute atomic E-state index is 14.5. The zero-order valence-electron chi connectivity index (χ0n) is 14.9. The monoisotopic (exact) mass is 367 g/mol. The first kappa shape index (κ1) is 18.3. The van der Waals surface area contributed by atoms with Crippen LogP contribution in [0.15, 0.2) is 41.5 Å². The standard InChI is InChI=1S/C19H18FN5O2/c1-11-10-27-18(22)25-19(11,2)14-7-13(4-5-15(14)20)24-17(26)16-6-3-12(8-21)9-23-16/h3-7,9,11H,10H2,1-2H3,(H2,22,25)(H,24,26)/t11-,19-/m0/s1. The van der Waals surface area contributed by atoms with E-state index < -0.39 is 17.3 Å². The van der Waals surface area contributed by atoms with Gasteiger partial charge in [0.05, 0.1) is 17.7 Å². The van der Waals surface area contributed by atoms with Gasteiger partial charge in [0.1, 0.15) is 17.6 Å². The van der Waals surface area contributed by atoms with Gasteiger partial charge in [0.15, 0.2) is 0 Å². The topological polar surface area (TPSA) is 113 Å². The zero-order valence-corrected chi connectivity index (χ0v) is 14.9. The summed E-state index contributed by atoms with van der Waals surface area (Å²) in [6, 6.07) is 9.16. The first-order chi connectivity index (χ1) is 12.8. The van der Waals surface area contributed by atoms with Gasteiger partial charge >= 0.3 is 0 Å². The van der Waals surface area contributed by atoms with Crippen molar-refractivity contribution in [2.75, 3.05) is 11.9 Å². The summed E-state index contributed by atoms with van der Waals surface area (Å²) in [4.78, 5) is 20.6. The summed E-state index contributed by atoms with van der Waals surface area (Å²) in [5.41, 5.74) is 5.98. The average Bonchev–Trinajstić information content (AvgIpc) is 2.66. The summed E-state index contributed by atoms with van der Waals surface area (Å²) in [5.74, 6) is -1.03. The van der Waals surface area contributed by atoms with E-state index in [0.717, 1.165) is 0 Å². The molecule has 2 atom stereocenters. The number of carbonyl (C=O) groups is 1. The summed E-state index contributed by atoms with van der Waals surface area (Å²) in [6.45, 7) is 3.98. The molecule has 2 heterocycles. The number of carbonyl (C=O) groups excluding carboxylic acids is 1. The van der Waals surface area contributed by atoms with Gasteiger partial charge in [-0.15, -0.1) is 0 Å². The number of benzene rings is 1. The van der Waals surface area contributed by atoms with Crippen LogP contribution in [0.1, 0.15) is 35.5 Å². The molecule has 1 aromatic heterocycles. The average molecular weight is 367 g/mol. The van der Waals surface area contributed by atoms with Gasteiger partial charge in [0.2, 0.25) is 0 Å². The third-order valence-corrected chi connectivity index (χ3v) is 4.68. The van der Waals surface area contributed by atoms with Gasteiger partial charge in [-0.2, -0.15) is 5.26 Å². The molecule has 1 aliphatic heterocycles. The number of amides is 1. The molecule has 1 amide bonds. The molecular formula is C19H18FN5O2. The number of aliphatic imine (C=N–C) groups is 1. The quantitative estimate of drug-likeness (QED) is 0.865. The van der Waals surface area contributed by atoms with E-state index in [-0.39, 0.29) is 17.6 Å². The third-order valence-electron chi connectivity index (χ3n) is 4.68. The smallest absolute Gasteiger partial charge is 0.282 e. The number of hydrogen-bond donors (Lipinski definition) is 2. The summed E-state index contributed by atoms with van der Waals surface area (Å²) in [5, 5.41) is 11.5. The van der Waals surface area contributed by atoms with Crippen LogP contribution < -0.4 is 11.1 Å². The van der Waals surface area contributed by atoms with E-state index in [1.807, 2.05) is 13.0 Å². The molecule has 1 aliphatic rings. The minimum absolute atomic E-state index is 0.00576. The first-order valence-corrected chi connectivity index (χ1v) is 8.29. The highest BCUT2D eigenvalue weighted by Gasteiger charge is 2.39. The predicted octanol–water partition coefficient (Wildman–Crippen LogP) is 2.54. The Hall–Kier alpha value is -3.47. The van der Waals surface area contributed by atoms with Crippen molar-refractivity contribution in [3.63, 3.8) is 0 Å². The van der Waals surface area contributed by atoms with Gasteiger partial charge in [-0.3, -0.25) is 4.79 Å². The highest BCUT2D eigenvalue weighted by atomic mass is 19.1. The normalized spacial score (nSPS) is 21.6. The van der Waals surface area contributed by atoms with Gasteiger partial charge in [-0.05, 0) is 37.3 Å². The van der Waals surface area contributed by atoms with Gasteiger partial charge < -0.3 is 15.8 Å². The molecule has 0 unspecified atom stereocenters. The van der Waals surface area contributed by atoms with Crippen molar-refractivity contribution in [3.05, 3.63) is 59.2 Å². The molecule has 3 N–H and O–H groups in total. The Bertz CT molecular complexity index is 952. The molecule has 138 valence electrons. The Morgan fingerprint density at radius 3 is 2.89 bits per heavy atom. The minimum Gasteiger partial charge on any atom is -0.465 e. The van der Waals surface area contributed by atoms with Crippen LogP contribution in [0.25, 0.3) is 0 Å². The zero-order chi connectivity index (χ0) is 19.6. The highest BCUT2D eigenvalue weighted by molar-refractivity contribution is 6.02. The number of amidine groups is 1. The SMILES string of the molecule is C[C@H]1COC(N)=N[C@]1(C)c1cc(NC(=O)c2ccc(C#N)cn2)ccc1F. The number of aromatic nitrogens is 1. The van der Waals surface area contributed by atoms with Crippen LogP contribution in [-0.4, -0.2) is 23.5 Å². The lowest BCUT2D eigenvalue weighted by atomic mass is 9.80. The molecule has 8 heteroatoms. The van der Waals surface area contributed by atoms with Gasteiger partial charge in [-0.1, -0.05) is 6.92 Å². The fraction of sp³-hybridized carbons (Fsp3) is 0.263. The second kappa shape index (κ2) is 7.03. The van der Waals surface area contributed by atoms with Crippen molar-refractivity contribution in [2.24, 2.45) is 16.6 Å². The fourth-order valence-corrected chi connectivity index (χ4v) is 2.85. The van der Waals surface area contributed by atoms with Crippen LogP contribution >= 0.6 is 0 Å². The van der Waals surface area contributed by atoms with E-state index in [1.54, 1.807) is 6.92 Å². The van der Waals surface area contributed by atoms with E-state index >= 15 is 0 Å². The Kier molecular flexibility index (Phi) is 4.77. The van der Waals surface area contributed by atoms with Crippen molar-refractivity contribution in [2.45, 2.75) is 19.4 Å². The minimum atomic E-state index is -0.917. The Morgan fingerprint density at radius 1 is 1.44 bits per heavy atom. The van der Waals surface area contributed by atoms with Gasteiger partial charge in [0, 0.05) is 23.4 Å². The number of hydrogen-bond acceptors (Lipinski definition) is 6. The molecule has 0 spiro atoms. The number of rotatable bonds is 3. The van der Waals surface area contributed by atoms with Crippen molar-refractivity contribution >= 4 is 17.6 Å². The molecule has 0 saturated carbocycles. The number of pyridine rings is 1. The molecule has 2 aromatic rings. The van der Waals surface area contributed by atoms with Crippen LogP contribution in [0.3, 0.4) is 0 Å². The number of ether oxygens (including phenoxy) is 1. The van der Waals surface area contributed by atoms with E-state index in [9.17, 15) is 9.18 Å². The van der Waals surface area contributed by atoms with Crippen LogP contribution in [-0.2, 0) is 10.3 Å². The molecule has 3 rings (SSSR count). The first-order valence-electron chi connectivity index (χ1n) is 8.29. The van der Waals surface area contributed by atoms with Crippen LogP contribution in [0.5, 0.6) is 0 Å². The highest BCUT2D eigenvalue weighted by Crippen LogP contribution is 2.38. The van der Waals surface area contributed by atoms with Crippen LogP contribution in [0.4, 0.5) is 10.1 Å². The van der Waals surface area contributed by atoms with Crippen molar-refractivity contribution < 1.29 is 13.9 Å².